The normalized spacial score (nSPS) is 21.9. The van der Waals surface area contributed by atoms with Crippen molar-refractivity contribution in [2.75, 3.05) is 20.8 Å². The number of methoxy groups -OCH3 is 2. The van der Waals surface area contributed by atoms with Crippen molar-refractivity contribution in [3.05, 3.63) is 160 Å². The summed E-state index contributed by atoms with van der Waals surface area (Å²) in [7, 11) is -0.923. The first-order valence-electron chi connectivity index (χ1n) is 22.7. The highest BCUT2D eigenvalue weighted by molar-refractivity contribution is 7.89. The molecule has 0 aliphatic carbocycles. The largest absolute Gasteiger partial charge is 0.497 e. The van der Waals surface area contributed by atoms with E-state index in [1.807, 2.05) is 128 Å². The summed E-state index contributed by atoms with van der Waals surface area (Å²) in [5.74, 6) is -0.237. The minimum absolute atomic E-state index is 0.0365. The Hall–Kier alpha value is -5.12. The van der Waals surface area contributed by atoms with Crippen molar-refractivity contribution in [2.24, 2.45) is 5.92 Å². The summed E-state index contributed by atoms with van der Waals surface area (Å²) in [4.78, 5) is 14.6. The first-order valence-corrected chi connectivity index (χ1v) is 24.1. The summed E-state index contributed by atoms with van der Waals surface area (Å²) < 4.78 is 74.0. The van der Waals surface area contributed by atoms with E-state index in [0.717, 1.165) is 28.0 Å². The van der Waals surface area contributed by atoms with Gasteiger partial charge >= 0.3 is 5.97 Å². The number of ether oxygens (including phenoxy) is 7. The average molecular weight is 922 g/mol. The highest BCUT2D eigenvalue weighted by atomic mass is 32.2. The number of aliphatic hydroxyl groups excluding tert-OH is 1. The standard InChI is InChI=1S/C53H63NO11S/c1-34-28-35(2)50(36(3)29-34)66(57,58)54(33-39-14-10-8-11-15-39)38(5)49(40-16-12-9-13-17-40)65-51(56)37(4)48(55)32-47-31-46(63-53(64-47)42-20-24-44(60-7)25-21-42)30-45-26-27-61-52(62-45)41-18-22-43(59-6)23-19-41/h8-25,28-29,37-38,45-49,52-53,55H,26-27,30-33H2,1-7H3/t37-,38+,45+,46-,47-,48-,49+,52+,53-/m1/s1. The predicted octanol–water partition coefficient (Wildman–Crippen LogP) is 9.65. The van der Waals surface area contributed by atoms with E-state index in [0.29, 0.717) is 48.3 Å². The number of carbonyl (C=O) groups excluding carboxylic acids is 1. The van der Waals surface area contributed by atoms with Gasteiger partial charge in [0.2, 0.25) is 10.0 Å². The van der Waals surface area contributed by atoms with Crippen molar-refractivity contribution in [1.82, 2.24) is 4.31 Å². The van der Waals surface area contributed by atoms with Gasteiger partial charge in [-0.3, -0.25) is 4.79 Å². The molecule has 0 bridgehead atoms. The van der Waals surface area contributed by atoms with E-state index < -0.39 is 58.8 Å². The van der Waals surface area contributed by atoms with Crippen molar-refractivity contribution >= 4 is 16.0 Å². The number of carbonyl (C=O) groups is 1. The first kappa shape index (κ1) is 48.8. The van der Waals surface area contributed by atoms with Crippen LogP contribution in [0.1, 0.15) is 97.2 Å². The molecule has 9 atom stereocenters. The van der Waals surface area contributed by atoms with Crippen LogP contribution in [0.3, 0.4) is 0 Å². The lowest BCUT2D eigenvalue weighted by Crippen LogP contribution is -2.44. The quantitative estimate of drug-likeness (QED) is 0.0841. The van der Waals surface area contributed by atoms with Gasteiger partial charge in [-0.25, -0.2) is 8.42 Å². The molecule has 2 aliphatic heterocycles. The predicted molar refractivity (Wildman–Crippen MR) is 250 cm³/mol. The Morgan fingerprint density at radius 2 is 1.29 bits per heavy atom. The van der Waals surface area contributed by atoms with E-state index >= 15 is 0 Å². The van der Waals surface area contributed by atoms with E-state index in [9.17, 15) is 18.3 Å². The Kier molecular flexibility index (Phi) is 16.4. The lowest BCUT2D eigenvalue weighted by atomic mass is 9.93. The number of esters is 1. The molecule has 13 heteroatoms. The highest BCUT2D eigenvalue weighted by Gasteiger charge is 2.41. The molecule has 0 saturated carbocycles. The molecule has 5 aromatic carbocycles. The summed E-state index contributed by atoms with van der Waals surface area (Å²) in [6.45, 7) is 9.49. The van der Waals surface area contributed by atoms with Crippen LogP contribution >= 0.6 is 0 Å². The average Bonchev–Trinajstić information content (AvgIpc) is 3.32. The van der Waals surface area contributed by atoms with Crippen molar-refractivity contribution < 1.29 is 51.5 Å². The molecule has 5 aromatic rings. The number of sulfonamides is 1. The van der Waals surface area contributed by atoms with Crippen LogP contribution in [0.5, 0.6) is 11.5 Å². The smallest absolute Gasteiger partial charge is 0.311 e. The molecule has 0 radical (unpaired) electrons. The molecular weight excluding hydrogens is 859 g/mol. The number of hydrogen-bond acceptors (Lipinski definition) is 11. The third-order valence-corrected chi connectivity index (χ3v) is 14.8. The Balaban J connectivity index is 1.10. The second-order valence-corrected chi connectivity index (χ2v) is 19.3. The lowest BCUT2D eigenvalue weighted by molar-refractivity contribution is -0.270. The van der Waals surface area contributed by atoms with E-state index in [1.54, 1.807) is 41.9 Å². The second-order valence-electron chi connectivity index (χ2n) is 17.5. The number of rotatable bonds is 18. The molecule has 2 fully saturated rings. The first-order chi connectivity index (χ1) is 31.7. The molecule has 0 spiro atoms. The Labute approximate surface area is 389 Å². The van der Waals surface area contributed by atoms with E-state index in [-0.39, 0.29) is 30.1 Å². The Morgan fingerprint density at radius 1 is 0.742 bits per heavy atom. The molecule has 7 rings (SSSR count). The Bertz CT molecular complexity index is 2430. The van der Waals surface area contributed by atoms with Gasteiger partial charge in [0.15, 0.2) is 12.6 Å². The summed E-state index contributed by atoms with van der Waals surface area (Å²) >= 11 is 0. The van der Waals surface area contributed by atoms with Gasteiger partial charge in [0.1, 0.15) is 17.6 Å². The molecule has 0 amide bonds. The van der Waals surface area contributed by atoms with E-state index in [1.165, 1.54) is 4.31 Å². The minimum Gasteiger partial charge on any atom is -0.497 e. The van der Waals surface area contributed by atoms with Gasteiger partial charge < -0.3 is 38.3 Å². The molecule has 2 heterocycles. The molecule has 2 aliphatic rings. The van der Waals surface area contributed by atoms with E-state index in [2.05, 4.69) is 0 Å². The maximum atomic E-state index is 14.9. The topological polar surface area (TPSA) is 139 Å². The maximum Gasteiger partial charge on any atom is 0.311 e. The highest BCUT2D eigenvalue weighted by Crippen LogP contribution is 2.39. The Morgan fingerprint density at radius 3 is 1.88 bits per heavy atom. The molecule has 0 aromatic heterocycles. The number of benzene rings is 5. The van der Waals surface area contributed by atoms with Gasteiger partial charge in [0, 0.05) is 36.9 Å². The molecule has 2 saturated heterocycles. The third-order valence-electron chi connectivity index (χ3n) is 12.6. The fourth-order valence-electron chi connectivity index (χ4n) is 9.00. The molecule has 12 nitrogen and oxygen atoms in total. The molecular formula is C53H63NO11S. The summed E-state index contributed by atoms with van der Waals surface area (Å²) in [6.07, 6.45) is -2.72. The fourth-order valence-corrected chi connectivity index (χ4v) is 11.0. The van der Waals surface area contributed by atoms with Gasteiger partial charge in [-0.05, 0) is 87.6 Å². The van der Waals surface area contributed by atoms with Crippen LogP contribution in [-0.2, 0) is 45.0 Å². The molecule has 0 unspecified atom stereocenters. The van der Waals surface area contributed by atoms with Crippen LogP contribution in [0.15, 0.2) is 126 Å². The van der Waals surface area contributed by atoms with Crippen LogP contribution in [0, 0.1) is 26.7 Å². The maximum absolute atomic E-state index is 14.9. The van der Waals surface area contributed by atoms with Gasteiger partial charge in [-0.15, -0.1) is 0 Å². The van der Waals surface area contributed by atoms with Crippen molar-refractivity contribution in [3.8, 4) is 11.5 Å². The van der Waals surface area contributed by atoms with E-state index in [4.69, 9.17) is 33.2 Å². The number of aryl methyl sites for hydroxylation is 3. The second kappa shape index (κ2) is 22.1. The van der Waals surface area contributed by atoms with Gasteiger partial charge in [0.05, 0.1) is 62.1 Å². The fraction of sp³-hybridized carbons (Fsp3) is 0.415. The summed E-state index contributed by atoms with van der Waals surface area (Å²) in [6, 6.07) is 36.5. The number of nitrogens with zero attached hydrogens (tertiary/aromatic N) is 1. The number of aliphatic hydroxyl groups is 1. The van der Waals surface area contributed by atoms with Crippen LogP contribution < -0.4 is 9.47 Å². The van der Waals surface area contributed by atoms with Crippen LogP contribution in [0.2, 0.25) is 0 Å². The van der Waals surface area contributed by atoms with Crippen molar-refractivity contribution in [1.29, 1.82) is 0 Å². The molecule has 66 heavy (non-hydrogen) atoms. The van der Waals surface area contributed by atoms with Crippen LogP contribution in [0.25, 0.3) is 0 Å². The zero-order valence-corrected chi connectivity index (χ0v) is 39.7. The van der Waals surface area contributed by atoms with Crippen LogP contribution in [0.4, 0.5) is 0 Å². The van der Waals surface area contributed by atoms with Gasteiger partial charge in [-0.2, -0.15) is 4.31 Å². The monoisotopic (exact) mass is 921 g/mol. The molecule has 352 valence electrons. The third kappa shape index (κ3) is 11.9. The molecule has 1 N–H and O–H groups in total. The minimum atomic E-state index is -4.15. The van der Waals surface area contributed by atoms with Crippen molar-refractivity contribution in [3.63, 3.8) is 0 Å². The van der Waals surface area contributed by atoms with Gasteiger partial charge in [-0.1, -0.05) is 103 Å². The van der Waals surface area contributed by atoms with Crippen LogP contribution in [-0.4, -0.2) is 75.1 Å². The number of hydrogen-bond donors (Lipinski definition) is 1. The van der Waals surface area contributed by atoms with Gasteiger partial charge in [0.25, 0.3) is 0 Å². The summed E-state index contributed by atoms with van der Waals surface area (Å²) in [5, 5.41) is 11.9. The van der Waals surface area contributed by atoms with Crippen molar-refractivity contribution in [2.45, 2.75) is 121 Å². The zero-order chi connectivity index (χ0) is 47.0. The zero-order valence-electron chi connectivity index (χ0n) is 38.9. The lowest BCUT2D eigenvalue weighted by Gasteiger charge is -2.39. The SMILES string of the molecule is COc1ccc([C@H]2O[C@@H](C[C@@H](O)[C@@H](C)C(=O)O[C@H](c3ccccc3)[C@H](C)N(Cc3ccccc3)S(=O)(=O)c3c(C)cc(C)cc3C)C[C@@H](C[C@@H]3CCO[C@H](c4ccc(OC)cc4)O3)O2)cc1. The summed E-state index contributed by atoms with van der Waals surface area (Å²) in [5.41, 5.74) is 5.29.